The predicted octanol–water partition coefficient (Wildman–Crippen LogP) is 5.33. The summed E-state index contributed by atoms with van der Waals surface area (Å²) in [6, 6.07) is 9.68. The summed E-state index contributed by atoms with van der Waals surface area (Å²) in [6.07, 6.45) is -2.05. The van der Waals surface area contributed by atoms with Crippen molar-refractivity contribution in [3.8, 4) is 11.5 Å². The average molecular weight is 465 g/mol. The van der Waals surface area contributed by atoms with Crippen molar-refractivity contribution in [3.63, 3.8) is 0 Å². The Morgan fingerprint density at radius 2 is 1.79 bits per heavy atom. The van der Waals surface area contributed by atoms with E-state index in [1.165, 1.54) is 18.2 Å². The number of halogens is 3. The monoisotopic (exact) mass is 465 g/mol. The van der Waals surface area contributed by atoms with Crippen LogP contribution < -0.4 is 14.8 Å². The largest absolute Gasteiger partial charge is 0.490 e. The lowest BCUT2D eigenvalue weighted by atomic mass is 10.1. The topological polar surface area (TPSA) is 73.9 Å². The Bertz CT molecular complexity index is 986. The number of carbonyl (C=O) groups excluding carboxylic acids is 2. The molecule has 0 atom stereocenters. The molecule has 2 rings (SSSR count). The Kier molecular flexibility index (Phi) is 9.32. The van der Waals surface area contributed by atoms with Gasteiger partial charge in [-0.15, -0.1) is 0 Å². The van der Waals surface area contributed by atoms with Gasteiger partial charge in [0.05, 0.1) is 24.5 Å². The highest BCUT2D eigenvalue weighted by atomic mass is 19.4. The Labute approximate surface area is 190 Å². The third-order valence-electron chi connectivity index (χ3n) is 4.10. The van der Waals surface area contributed by atoms with Gasteiger partial charge in [0.2, 0.25) is 0 Å². The number of benzene rings is 2. The van der Waals surface area contributed by atoms with Gasteiger partial charge in [0.25, 0.3) is 5.91 Å². The van der Waals surface area contributed by atoms with Gasteiger partial charge < -0.3 is 19.5 Å². The second-order valence-electron chi connectivity index (χ2n) is 7.38. The van der Waals surface area contributed by atoms with E-state index in [1.54, 1.807) is 18.2 Å². The Balaban J connectivity index is 1.95. The SMILES string of the molecule is CCOc1cc(C=CC(=O)OCC(=O)Nc2ccccc2C(F)(F)F)ccc1OCC(C)C. The zero-order valence-electron chi connectivity index (χ0n) is 18.6. The van der Waals surface area contributed by atoms with Crippen LogP contribution in [-0.2, 0) is 20.5 Å². The number of hydrogen-bond acceptors (Lipinski definition) is 5. The lowest BCUT2D eigenvalue weighted by molar-refractivity contribution is -0.142. The molecule has 33 heavy (non-hydrogen) atoms. The summed E-state index contributed by atoms with van der Waals surface area (Å²) in [5.41, 5.74) is -0.767. The van der Waals surface area contributed by atoms with Gasteiger partial charge in [-0.05, 0) is 48.7 Å². The second-order valence-corrected chi connectivity index (χ2v) is 7.38. The van der Waals surface area contributed by atoms with Gasteiger partial charge in [0.1, 0.15) is 0 Å². The number of anilines is 1. The van der Waals surface area contributed by atoms with Crippen molar-refractivity contribution in [3.05, 3.63) is 59.7 Å². The minimum absolute atomic E-state index is 0.341. The number of carbonyl (C=O) groups is 2. The highest BCUT2D eigenvalue weighted by Crippen LogP contribution is 2.34. The van der Waals surface area contributed by atoms with Gasteiger partial charge in [-0.1, -0.05) is 32.0 Å². The van der Waals surface area contributed by atoms with Crippen LogP contribution in [0.5, 0.6) is 11.5 Å². The van der Waals surface area contributed by atoms with E-state index in [0.717, 1.165) is 18.2 Å². The van der Waals surface area contributed by atoms with Crippen molar-refractivity contribution in [1.29, 1.82) is 0 Å². The fourth-order valence-corrected chi connectivity index (χ4v) is 2.65. The molecule has 0 aliphatic rings. The van der Waals surface area contributed by atoms with Crippen molar-refractivity contribution in [2.45, 2.75) is 26.9 Å². The van der Waals surface area contributed by atoms with E-state index >= 15 is 0 Å². The van der Waals surface area contributed by atoms with Gasteiger partial charge >= 0.3 is 12.1 Å². The Hall–Kier alpha value is -3.49. The molecule has 0 aliphatic heterocycles. The molecule has 0 bridgehead atoms. The molecule has 0 aromatic heterocycles. The number of amides is 1. The van der Waals surface area contributed by atoms with Crippen LogP contribution in [0.15, 0.2) is 48.5 Å². The molecular weight excluding hydrogens is 439 g/mol. The lowest BCUT2D eigenvalue weighted by Gasteiger charge is -2.14. The molecule has 0 saturated heterocycles. The Morgan fingerprint density at radius 1 is 1.06 bits per heavy atom. The molecule has 0 spiro atoms. The van der Waals surface area contributed by atoms with E-state index in [2.05, 4.69) is 5.32 Å². The molecule has 0 unspecified atom stereocenters. The molecule has 1 amide bonds. The molecular formula is C24H26F3NO5. The fraction of sp³-hybridized carbons (Fsp3) is 0.333. The van der Waals surface area contributed by atoms with E-state index < -0.39 is 35.9 Å². The molecule has 6 nitrogen and oxygen atoms in total. The average Bonchev–Trinajstić information content (AvgIpc) is 2.75. The first-order valence-corrected chi connectivity index (χ1v) is 10.3. The lowest BCUT2D eigenvalue weighted by Crippen LogP contribution is -2.22. The molecule has 0 aliphatic carbocycles. The van der Waals surface area contributed by atoms with E-state index in [9.17, 15) is 22.8 Å². The summed E-state index contributed by atoms with van der Waals surface area (Å²) in [5.74, 6) is -0.267. The summed E-state index contributed by atoms with van der Waals surface area (Å²) in [4.78, 5) is 23.9. The zero-order chi connectivity index (χ0) is 24.4. The highest BCUT2D eigenvalue weighted by molar-refractivity contribution is 5.95. The molecule has 1 N–H and O–H groups in total. The summed E-state index contributed by atoms with van der Waals surface area (Å²) >= 11 is 0. The molecule has 0 fully saturated rings. The van der Waals surface area contributed by atoms with Crippen LogP contribution in [0.1, 0.15) is 31.9 Å². The number of alkyl halides is 3. The molecule has 0 saturated carbocycles. The predicted molar refractivity (Wildman–Crippen MR) is 118 cm³/mol. The van der Waals surface area contributed by atoms with E-state index in [1.807, 2.05) is 20.8 Å². The Morgan fingerprint density at radius 3 is 2.45 bits per heavy atom. The third-order valence-corrected chi connectivity index (χ3v) is 4.10. The molecule has 0 radical (unpaired) electrons. The molecule has 178 valence electrons. The minimum Gasteiger partial charge on any atom is -0.490 e. The van der Waals surface area contributed by atoms with Crippen LogP contribution in [0, 0.1) is 5.92 Å². The third kappa shape index (κ3) is 8.51. The van der Waals surface area contributed by atoms with Crippen LogP contribution in [0.2, 0.25) is 0 Å². The minimum atomic E-state index is -4.63. The number of hydrogen-bond donors (Lipinski definition) is 1. The summed E-state index contributed by atoms with van der Waals surface area (Å²) in [6.45, 7) is 6.11. The normalized spacial score (nSPS) is 11.5. The molecule has 2 aromatic rings. The van der Waals surface area contributed by atoms with Gasteiger partial charge in [0.15, 0.2) is 18.1 Å². The zero-order valence-corrected chi connectivity index (χ0v) is 18.6. The van der Waals surface area contributed by atoms with E-state index in [-0.39, 0.29) is 0 Å². The number of esters is 1. The van der Waals surface area contributed by atoms with Gasteiger partial charge in [-0.25, -0.2) is 4.79 Å². The number of para-hydroxylation sites is 1. The number of ether oxygens (including phenoxy) is 3. The fourth-order valence-electron chi connectivity index (χ4n) is 2.65. The molecule has 2 aromatic carbocycles. The van der Waals surface area contributed by atoms with Crippen LogP contribution in [0.4, 0.5) is 18.9 Å². The first-order chi connectivity index (χ1) is 15.6. The molecule has 0 heterocycles. The van der Waals surface area contributed by atoms with Gasteiger partial charge in [0, 0.05) is 6.08 Å². The van der Waals surface area contributed by atoms with E-state index in [0.29, 0.717) is 36.2 Å². The standard InChI is InChI=1S/C24H26F3NO5/c1-4-31-21-13-17(9-11-20(21)32-14-16(2)3)10-12-23(30)33-15-22(29)28-19-8-6-5-7-18(19)24(25,26)27/h5-13,16H,4,14-15H2,1-3H3,(H,28,29). The van der Waals surface area contributed by atoms with Crippen molar-refractivity contribution in [2.24, 2.45) is 5.92 Å². The highest BCUT2D eigenvalue weighted by Gasteiger charge is 2.33. The van der Waals surface area contributed by atoms with Crippen molar-refractivity contribution in [1.82, 2.24) is 0 Å². The van der Waals surface area contributed by atoms with Crippen molar-refractivity contribution in [2.75, 3.05) is 25.1 Å². The van der Waals surface area contributed by atoms with Crippen LogP contribution in [0.25, 0.3) is 6.08 Å². The summed E-state index contributed by atoms with van der Waals surface area (Å²) in [5, 5.41) is 2.10. The second kappa shape index (κ2) is 11.9. The maximum Gasteiger partial charge on any atom is 0.418 e. The van der Waals surface area contributed by atoms with E-state index in [4.69, 9.17) is 14.2 Å². The van der Waals surface area contributed by atoms with Crippen LogP contribution >= 0.6 is 0 Å². The number of rotatable bonds is 10. The quantitative estimate of drug-likeness (QED) is 0.379. The van der Waals surface area contributed by atoms with Gasteiger partial charge in [-0.3, -0.25) is 4.79 Å². The van der Waals surface area contributed by atoms with Gasteiger partial charge in [-0.2, -0.15) is 13.2 Å². The number of nitrogens with one attached hydrogen (secondary N) is 1. The molecule has 9 heteroatoms. The maximum absolute atomic E-state index is 13.0. The van der Waals surface area contributed by atoms with Crippen LogP contribution in [-0.4, -0.2) is 31.7 Å². The summed E-state index contributed by atoms with van der Waals surface area (Å²) < 4.78 is 55.1. The first-order valence-electron chi connectivity index (χ1n) is 10.3. The first kappa shape index (κ1) is 25.8. The van der Waals surface area contributed by atoms with Crippen LogP contribution in [0.3, 0.4) is 0 Å². The summed E-state index contributed by atoms with van der Waals surface area (Å²) in [7, 11) is 0. The van der Waals surface area contributed by atoms with Crippen molar-refractivity contribution >= 4 is 23.6 Å². The maximum atomic E-state index is 13.0. The van der Waals surface area contributed by atoms with Crippen molar-refractivity contribution < 1.29 is 37.0 Å². The smallest absolute Gasteiger partial charge is 0.418 e.